The second kappa shape index (κ2) is 19.2. The summed E-state index contributed by atoms with van der Waals surface area (Å²) in [6, 6.07) is 18.8. The normalized spacial score (nSPS) is 12.6. The van der Waals surface area contributed by atoms with E-state index in [9.17, 15) is 19.2 Å². The molecule has 14 nitrogen and oxygen atoms in total. The molecule has 49 heavy (non-hydrogen) atoms. The average Bonchev–Trinajstić information content (AvgIpc) is 3.06. The number of nitrogens with one attached hydrogen (secondary N) is 4. The van der Waals surface area contributed by atoms with E-state index in [0.29, 0.717) is 30.5 Å². The molecule has 0 spiro atoms. The molecule has 3 rings (SSSR count). The molecule has 262 valence electrons. The van der Waals surface area contributed by atoms with Crippen molar-refractivity contribution in [3.63, 3.8) is 0 Å². The summed E-state index contributed by atoms with van der Waals surface area (Å²) >= 11 is 0. The zero-order chi connectivity index (χ0) is 35.8. The van der Waals surface area contributed by atoms with E-state index in [2.05, 4.69) is 31.3 Å². The van der Waals surface area contributed by atoms with E-state index in [1.165, 1.54) is 0 Å². The lowest BCUT2D eigenvalue weighted by Gasteiger charge is -2.26. The summed E-state index contributed by atoms with van der Waals surface area (Å²) in [4.78, 5) is 62.0. The number of anilines is 1. The van der Waals surface area contributed by atoms with Crippen LogP contribution >= 0.6 is 0 Å². The molecule has 0 radical (unpaired) electrons. The minimum atomic E-state index is -1.07. The number of carbonyl (C=O) groups excluding carboxylic acids is 4. The Morgan fingerprint density at radius 2 is 1.16 bits per heavy atom. The second-order valence-corrected chi connectivity index (χ2v) is 12.1. The predicted octanol–water partition coefficient (Wildman–Crippen LogP) is 1.70. The predicted molar refractivity (Wildman–Crippen MR) is 193 cm³/mol. The largest absolute Gasteiger partial charge is 0.370 e. The van der Waals surface area contributed by atoms with Crippen LogP contribution in [0.15, 0.2) is 82.8 Å². The highest BCUT2D eigenvalue weighted by atomic mass is 16.2. The van der Waals surface area contributed by atoms with Gasteiger partial charge in [0.1, 0.15) is 18.1 Å². The number of hydrogen-bond donors (Lipinski definition) is 8. The fourth-order valence-electron chi connectivity index (χ4n) is 5.12. The van der Waals surface area contributed by atoms with Crippen molar-refractivity contribution in [2.24, 2.45) is 38.8 Å². The van der Waals surface area contributed by atoms with Crippen LogP contribution in [-0.2, 0) is 14.4 Å². The van der Waals surface area contributed by atoms with Crippen molar-refractivity contribution in [1.29, 1.82) is 0 Å². The van der Waals surface area contributed by atoms with Gasteiger partial charge in [0.2, 0.25) is 17.7 Å². The van der Waals surface area contributed by atoms with Crippen LogP contribution in [0.5, 0.6) is 0 Å². The van der Waals surface area contributed by atoms with Crippen LogP contribution in [0.2, 0.25) is 0 Å². The molecule has 3 atom stereocenters. The molecule has 14 heteroatoms. The van der Waals surface area contributed by atoms with E-state index in [1.807, 2.05) is 50.2 Å². The van der Waals surface area contributed by atoms with Gasteiger partial charge < -0.3 is 44.2 Å². The summed E-state index contributed by atoms with van der Waals surface area (Å²) in [5, 5.41) is 13.3. The molecule has 3 aromatic rings. The molecule has 0 saturated carbocycles. The molecule has 0 unspecified atom stereocenters. The Balaban J connectivity index is 1.81. The van der Waals surface area contributed by atoms with Crippen LogP contribution < -0.4 is 44.2 Å². The van der Waals surface area contributed by atoms with E-state index in [1.54, 1.807) is 36.4 Å². The Hall–Kier alpha value is -5.66. The van der Waals surface area contributed by atoms with Crippen molar-refractivity contribution in [2.45, 2.75) is 64.1 Å². The molecular weight excluding hydrogens is 624 g/mol. The zero-order valence-electron chi connectivity index (χ0n) is 28.0. The molecule has 0 fully saturated rings. The van der Waals surface area contributed by atoms with Gasteiger partial charge in [-0.2, -0.15) is 0 Å². The number of benzene rings is 3. The van der Waals surface area contributed by atoms with Crippen molar-refractivity contribution in [3.05, 3.63) is 78.4 Å². The summed E-state index contributed by atoms with van der Waals surface area (Å²) in [5.74, 6) is -2.12. The number of nitrogens with zero attached hydrogens (tertiary/aromatic N) is 2. The Bertz CT molecular complexity index is 1620. The molecule has 3 aromatic carbocycles. The number of guanidine groups is 2. The lowest BCUT2D eigenvalue weighted by atomic mass is 10.0. The minimum absolute atomic E-state index is 0.0503. The quantitative estimate of drug-likeness (QED) is 0.0560. The van der Waals surface area contributed by atoms with Crippen LogP contribution in [0.1, 0.15) is 56.3 Å². The highest BCUT2D eigenvalue weighted by Gasteiger charge is 2.30. The van der Waals surface area contributed by atoms with Gasteiger partial charge in [-0.1, -0.05) is 62.4 Å². The third-order valence-corrected chi connectivity index (χ3v) is 7.54. The number of hydrogen-bond acceptors (Lipinski definition) is 6. The summed E-state index contributed by atoms with van der Waals surface area (Å²) in [7, 11) is 0. The SMILES string of the molecule is CC(C)C[C@H](NC(=O)c1ccccc1)C(=O)N[C@@H](CCCN=C(N)N)C(=O)N[C@@H](CCCN=C(N)N)C(=O)Nc1ccc2ccccc2c1. The zero-order valence-corrected chi connectivity index (χ0v) is 28.0. The molecule has 0 aromatic heterocycles. The molecule has 0 saturated heterocycles. The van der Waals surface area contributed by atoms with Gasteiger partial charge >= 0.3 is 0 Å². The van der Waals surface area contributed by atoms with Gasteiger partial charge in [-0.05, 0) is 73.1 Å². The molecule has 0 aliphatic rings. The number of rotatable bonds is 18. The third kappa shape index (κ3) is 13.2. The summed E-state index contributed by atoms with van der Waals surface area (Å²) in [6.45, 7) is 4.31. The Morgan fingerprint density at radius 1 is 0.633 bits per heavy atom. The highest BCUT2D eigenvalue weighted by molar-refractivity contribution is 6.01. The highest BCUT2D eigenvalue weighted by Crippen LogP contribution is 2.19. The van der Waals surface area contributed by atoms with Crippen molar-refractivity contribution in [1.82, 2.24) is 16.0 Å². The molecule has 12 N–H and O–H groups in total. The van der Waals surface area contributed by atoms with Gasteiger partial charge in [-0.25, -0.2) is 0 Å². The lowest BCUT2D eigenvalue weighted by Crippen LogP contribution is -2.56. The molecule has 0 aliphatic carbocycles. The van der Waals surface area contributed by atoms with Gasteiger partial charge in [0.05, 0.1) is 0 Å². The van der Waals surface area contributed by atoms with Crippen LogP contribution in [-0.4, -0.2) is 66.8 Å². The van der Waals surface area contributed by atoms with Crippen LogP contribution in [0, 0.1) is 5.92 Å². The summed E-state index contributed by atoms with van der Waals surface area (Å²) in [5.41, 5.74) is 22.8. The first-order valence-corrected chi connectivity index (χ1v) is 16.3. The van der Waals surface area contributed by atoms with E-state index in [-0.39, 0.29) is 43.8 Å². The van der Waals surface area contributed by atoms with Gasteiger partial charge in [0.15, 0.2) is 11.9 Å². The van der Waals surface area contributed by atoms with Crippen molar-refractivity contribution < 1.29 is 19.2 Å². The number of fused-ring (bicyclic) bond motifs is 1. The van der Waals surface area contributed by atoms with Gasteiger partial charge in [-0.3, -0.25) is 29.2 Å². The first-order valence-electron chi connectivity index (χ1n) is 16.3. The maximum Gasteiger partial charge on any atom is 0.251 e. The Kier molecular flexibility index (Phi) is 14.8. The van der Waals surface area contributed by atoms with Gasteiger partial charge in [0.25, 0.3) is 5.91 Å². The second-order valence-electron chi connectivity index (χ2n) is 12.1. The van der Waals surface area contributed by atoms with Crippen molar-refractivity contribution in [2.75, 3.05) is 18.4 Å². The molecule has 0 heterocycles. The van der Waals surface area contributed by atoms with E-state index < -0.39 is 41.8 Å². The maximum absolute atomic E-state index is 13.8. The number of nitrogens with two attached hydrogens (primary N) is 4. The first kappa shape index (κ1) is 37.8. The average molecular weight is 673 g/mol. The molecular formula is C35H48N10O4. The first-order chi connectivity index (χ1) is 23.4. The summed E-state index contributed by atoms with van der Waals surface area (Å²) < 4.78 is 0. The van der Waals surface area contributed by atoms with Crippen molar-refractivity contribution >= 4 is 52.0 Å². The van der Waals surface area contributed by atoms with E-state index >= 15 is 0 Å². The van der Waals surface area contributed by atoms with E-state index in [4.69, 9.17) is 22.9 Å². The fraction of sp³-hybridized carbons (Fsp3) is 0.371. The van der Waals surface area contributed by atoms with Gasteiger partial charge in [-0.15, -0.1) is 0 Å². The van der Waals surface area contributed by atoms with Crippen LogP contribution in [0.25, 0.3) is 10.8 Å². The molecule has 0 bridgehead atoms. The molecule has 0 aliphatic heterocycles. The standard InChI is InChI=1S/C35H48N10O4/c1-22(2)20-29(45-30(46)24-11-4-3-5-12-24)33(49)44-28(15-9-19-41-35(38)39)32(48)43-27(14-8-18-40-34(36)37)31(47)42-26-17-16-23-10-6-7-13-25(23)21-26/h3-7,10-13,16-17,21-22,27-29H,8-9,14-15,18-20H2,1-2H3,(H,42,47)(H,43,48)(H,44,49)(H,45,46)(H4,36,37,40)(H4,38,39,41)/t27-,28-,29-/m0/s1. The summed E-state index contributed by atoms with van der Waals surface area (Å²) in [6.07, 6.45) is 1.42. The number of amides is 4. The van der Waals surface area contributed by atoms with E-state index in [0.717, 1.165) is 10.8 Å². The fourth-order valence-corrected chi connectivity index (χ4v) is 5.12. The van der Waals surface area contributed by atoms with Crippen LogP contribution in [0.3, 0.4) is 0 Å². The Labute approximate surface area is 286 Å². The number of carbonyl (C=O) groups is 4. The minimum Gasteiger partial charge on any atom is -0.370 e. The van der Waals surface area contributed by atoms with Gasteiger partial charge in [0, 0.05) is 24.3 Å². The Morgan fingerprint density at radius 3 is 1.73 bits per heavy atom. The smallest absolute Gasteiger partial charge is 0.251 e. The maximum atomic E-state index is 13.8. The third-order valence-electron chi connectivity index (χ3n) is 7.54. The van der Waals surface area contributed by atoms with Crippen LogP contribution in [0.4, 0.5) is 5.69 Å². The lowest BCUT2D eigenvalue weighted by molar-refractivity contribution is -0.132. The molecule has 4 amide bonds. The monoisotopic (exact) mass is 672 g/mol. The topological polar surface area (TPSA) is 245 Å². The number of aliphatic imine (C=N–C) groups is 2. The van der Waals surface area contributed by atoms with Crippen molar-refractivity contribution in [3.8, 4) is 0 Å².